The Labute approximate surface area is 132 Å². The third-order valence-corrected chi connectivity index (χ3v) is 3.10. The van der Waals surface area contributed by atoms with E-state index in [1.807, 2.05) is 24.3 Å². The van der Waals surface area contributed by atoms with Gasteiger partial charge >= 0.3 is 0 Å². The predicted octanol–water partition coefficient (Wildman–Crippen LogP) is 2.19. The van der Waals surface area contributed by atoms with Gasteiger partial charge in [-0.3, -0.25) is 4.79 Å². The third-order valence-electron chi connectivity index (χ3n) is 3.10. The van der Waals surface area contributed by atoms with E-state index in [0.29, 0.717) is 11.5 Å². The lowest BCUT2D eigenvalue weighted by molar-refractivity contribution is 0.102. The Morgan fingerprint density at radius 2 is 1.83 bits per heavy atom. The standard InChI is InChI=1S/C16H13N5O2/c1-23-12-6-4-11(5-7-12)13-8-9-15(21-20-13)18-16(22)14-3-2-10-17-19-14/h2-10H,1H3,(H,18,21,22). The Morgan fingerprint density at radius 1 is 1.00 bits per heavy atom. The molecule has 23 heavy (non-hydrogen) atoms. The maximum absolute atomic E-state index is 11.9. The van der Waals surface area contributed by atoms with Crippen LogP contribution in [0.25, 0.3) is 11.3 Å². The number of anilines is 1. The lowest BCUT2D eigenvalue weighted by atomic mass is 10.1. The van der Waals surface area contributed by atoms with Crippen molar-refractivity contribution in [3.05, 3.63) is 60.4 Å². The number of benzene rings is 1. The summed E-state index contributed by atoms with van der Waals surface area (Å²) >= 11 is 0. The highest BCUT2D eigenvalue weighted by molar-refractivity contribution is 6.02. The summed E-state index contributed by atoms with van der Waals surface area (Å²) in [6, 6.07) is 14.1. The van der Waals surface area contributed by atoms with Crippen LogP contribution in [0.3, 0.4) is 0 Å². The van der Waals surface area contributed by atoms with Crippen molar-refractivity contribution in [1.82, 2.24) is 20.4 Å². The van der Waals surface area contributed by atoms with Gasteiger partial charge in [-0.05, 0) is 48.5 Å². The zero-order chi connectivity index (χ0) is 16.1. The molecule has 0 saturated heterocycles. The second kappa shape index (κ2) is 6.61. The third kappa shape index (κ3) is 3.46. The van der Waals surface area contributed by atoms with Crippen LogP contribution in [0.2, 0.25) is 0 Å². The Bertz CT molecular complexity index is 789. The summed E-state index contributed by atoms with van der Waals surface area (Å²) in [5, 5.41) is 18.1. The molecular formula is C16H13N5O2. The van der Waals surface area contributed by atoms with Gasteiger partial charge in [-0.2, -0.15) is 5.10 Å². The largest absolute Gasteiger partial charge is 0.497 e. The van der Waals surface area contributed by atoms with E-state index in [1.54, 1.807) is 31.4 Å². The number of methoxy groups -OCH3 is 1. The number of nitrogens with one attached hydrogen (secondary N) is 1. The van der Waals surface area contributed by atoms with E-state index >= 15 is 0 Å². The summed E-state index contributed by atoms with van der Waals surface area (Å²) in [5.74, 6) is 0.733. The molecule has 7 nitrogen and oxygen atoms in total. The molecule has 1 N–H and O–H groups in total. The molecule has 0 aliphatic heterocycles. The molecule has 7 heteroatoms. The van der Waals surface area contributed by atoms with Gasteiger partial charge in [0.2, 0.25) is 0 Å². The maximum atomic E-state index is 11.9. The van der Waals surface area contributed by atoms with E-state index in [2.05, 4.69) is 25.7 Å². The van der Waals surface area contributed by atoms with Crippen LogP contribution in [-0.2, 0) is 0 Å². The average molecular weight is 307 g/mol. The van der Waals surface area contributed by atoms with Gasteiger partial charge in [0, 0.05) is 11.8 Å². The monoisotopic (exact) mass is 307 g/mol. The van der Waals surface area contributed by atoms with Gasteiger partial charge in [-0.25, -0.2) is 0 Å². The second-order valence-corrected chi connectivity index (χ2v) is 4.60. The molecule has 3 aromatic rings. The molecule has 1 aromatic carbocycles. The van der Waals surface area contributed by atoms with Crippen LogP contribution >= 0.6 is 0 Å². The fraction of sp³-hybridized carbons (Fsp3) is 0.0625. The predicted molar refractivity (Wildman–Crippen MR) is 84.0 cm³/mol. The number of nitrogens with zero attached hydrogens (tertiary/aromatic N) is 4. The molecule has 0 unspecified atom stereocenters. The molecule has 3 rings (SSSR count). The Balaban J connectivity index is 1.73. The first kappa shape index (κ1) is 14.6. The van der Waals surface area contributed by atoms with Gasteiger partial charge in [0.05, 0.1) is 12.8 Å². The van der Waals surface area contributed by atoms with E-state index < -0.39 is 0 Å². The molecule has 0 fully saturated rings. The lowest BCUT2D eigenvalue weighted by Crippen LogP contribution is -2.15. The van der Waals surface area contributed by atoms with Crippen molar-refractivity contribution >= 4 is 11.7 Å². The number of carbonyl (C=O) groups is 1. The minimum absolute atomic E-state index is 0.216. The first-order chi connectivity index (χ1) is 11.3. The molecule has 0 saturated carbocycles. The molecular weight excluding hydrogens is 294 g/mol. The molecule has 2 aromatic heterocycles. The van der Waals surface area contributed by atoms with Crippen LogP contribution in [0.5, 0.6) is 5.75 Å². The molecule has 0 bridgehead atoms. The van der Waals surface area contributed by atoms with Crippen LogP contribution in [0, 0.1) is 0 Å². The van der Waals surface area contributed by atoms with Crippen molar-refractivity contribution in [2.45, 2.75) is 0 Å². The smallest absolute Gasteiger partial charge is 0.277 e. The van der Waals surface area contributed by atoms with Crippen molar-refractivity contribution in [3.63, 3.8) is 0 Å². The Morgan fingerprint density at radius 3 is 2.43 bits per heavy atom. The van der Waals surface area contributed by atoms with E-state index in [1.165, 1.54) is 6.20 Å². The maximum Gasteiger partial charge on any atom is 0.277 e. The van der Waals surface area contributed by atoms with E-state index in [4.69, 9.17) is 4.74 Å². The van der Waals surface area contributed by atoms with Crippen LogP contribution < -0.4 is 10.1 Å². The van der Waals surface area contributed by atoms with Gasteiger partial charge in [0.25, 0.3) is 5.91 Å². The topological polar surface area (TPSA) is 89.9 Å². The minimum atomic E-state index is -0.385. The summed E-state index contributed by atoms with van der Waals surface area (Å²) in [7, 11) is 1.61. The zero-order valence-corrected chi connectivity index (χ0v) is 12.3. The van der Waals surface area contributed by atoms with Crippen LogP contribution in [0.15, 0.2) is 54.7 Å². The van der Waals surface area contributed by atoms with E-state index in [-0.39, 0.29) is 11.6 Å². The highest BCUT2D eigenvalue weighted by atomic mass is 16.5. The van der Waals surface area contributed by atoms with Crippen molar-refractivity contribution < 1.29 is 9.53 Å². The molecule has 0 aliphatic rings. The van der Waals surface area contributed by atoms with Gasteiger partial charge in [0.1, 0.15) is 5.75 Å². The van der Waals surface area contributed by atoms with Gasteiger partial charge in [0.15, 0.2) is 11.5 Å². The fourth-order valence-electron chi connectivity index (χ4n) is 1.92. The number of hydrogen-bond donors (Lipinski definition) is 1. The summed E-state index contributed by atoms with van der Waals surface area (Å²) in [6.45, 7) is 0. The van der Waals surface area contributed by atoms with Crippen molar-refractivity contribution in [3.8, 4) is 17.0 Å². The van der Waals surface area contributed by atoms with Crippen molar-refractivity contribution in [2.75, 3.05) is 12.4 Å². The quantitative estimate of drug-likeness (QED) is 0.794. The number of rotatable bonds is 4. The number of ether oxygens (including phenoxy) is 1. The van der Waals surface area contributed by atoms with Gasteiger partial charge in [-0.1, -0.05) is 0 Å². The molecule has 0 spiro atoms. The number of amides is 1. The highest BCUT2D eigenvalue weighted by Gasteiger charge is 2.09. The molecule has 2 heterocycles. The molecule has 114 valence electrons. The van der Waals surface area contributed by atoms with Crippen LogP contribution in [-0.4, -0.2) is 33.4 Å². The van der Waals surface area contributed by atoms with E-state index in [0.717, 1.165) is 11.3 Å². The van der Waals surface area contributed by atoms with Crippen molar-refractivity contribution in [1.29, 1.82) is 0 Å². The fourth-order valence-corrected chi connectivity index (χ4v) is 1.92. The normalized spacial score (nSPS) is 10.1. The number of carbonyl (C=O) groups excluding carboxylic acids is 1. The summed E-state index contributed by atoms with van der Waals surface area (Å²) in [6.07, 6.45) is 1.50. The minimum Gasteiger partial charge on any atom is -0.497 e. The Hall–Kier alpha value is -3.35. The molecule has 0 aliphatic carbocycles. The van der Waals surface area contributed by atoms with E-state index in [9.17, 15) is 4.79 Å². The second-order valence-electron chi connectivity index (χ2n) is 4.60. The highest BCUT2D eigenvalue weighted by Crippen LogP contribution is 2.20. The van der Waals surface area contributed by atoms with Crippen LogP contribution in [0.4, 0.5) is 5.82 Å². The molecule has 0 radical (unpaired) electrons. The van der Waals surface area contributed by atoms with Gasteiger partial charge < -0.3 is 10.1 Å². The van der Waals surface area contributed by atoms with Gasteiger partial charge in [-0.15, -0.1) is 15.3 Å². The van der Waals surface area contributed by atoms with Crippen molar-refractivity contribution in [2.24, 2.45) is 0 Å². The molecule has 1 amide bonds. The molecule has 0 atom stereocenters. The number of aromatic nitrogens is 4. The summed E-state index contributed by atoms with van der Waals surface area (Å²) in [5.41, 5.74) is 1.82. The first-order valence-corrected chi connectivity index (χ1v) is 6.83. The summed E-state index contributed by atoms with van der Waals surface area (Å²) in [4.78, 5) is 11.9. The summed E-state index contributed by atoms with van der Waals surface area (Å²) < 4.78 is 5.12. The zero-order valence-electron chi connectivity index (χ0n) is 12.3. The SMILES string of the molecule is COc1ccc(-c2ccc(NC(=O)c3cccnn3)nn2)cc1. The Kier molecular flexibility index (Phi) is 4.19. The van der Waals surface area contributed by atoms with Crippen LogP contribution in [0.1, 0.15) is 10.5 Å². The first-order valence-electron chi connectivity index (χ1n) is 6.83. The lowest BCUT2D eigenvalue weighted by Gasteiger charge is -2.05. The average Bonchev–Trinajstić information content (AvgIpc) is 2.63. The number of hydrogen-bond acceptors (Lipinski definition) is 6.